The van der Waals surface area contributed by atoms with Crippen LogP contribution in [0.5, 0.6) is 0 Å². The van der Waals surface area contributed by atoms with E-state index < -0.39 is 0 Å². The fourth-order valence-electron chi connectivity index (χ4n) is 1.64. The average molecular weight is 264 g/mol. The molecule has 6 nitrogen and oxygen atoms in total. The number of nitrogen functional groups attached to an aromatic ring is 1. The number of nitrogens with zero attached hydrogens (tertiary/aromatic N) is 5. The molecular weight excluding hydrogens is 248 g/mol. The molecule has 0 bridgehead atoms. The molecule has 0 radical (unpaired) electrons. The Balaban J connectivity index is 2.53. The summed E-state index contributed by atoms with van der Waals surface area (Å²) in [6.07, 6.45) is 2.79. The normalized spacial score (nSPS) is 10.8. The molecule has 0 spiro atoms. The van der Waals surface area contributed by atoms with Crippen LogP contribution in [0, 0.1) is 0 Å². The summed E-state index contributed by atoms with van der Waals surface area (Å²) in [6.45, 7) is 4.88. The van der Waals surface area contributed by atoms with Crippen molar-refractivity contribution in [2.45, 2.75) is 32.0 Å². The Labute approximate surface area is 110 Å². The molecule has 0 aliphatic heterocycles. The van der Waals surface area contributed by atoms with E-state index in [1.54, 1.807) is 0 Å². The number of aromatic nitrogens is 5. The van der Waals surface area contributed by atoms with Crippen LogP contribution < -0.4 is 5.73 Å². The fourth-order valence-corrected chi connectivity index (χ4v) is 2.00. The van der Waals surface area contributed by atoms with Gasteiger partial charge < -0.3 is 5.73 Å². The Bertz CT molecular complexity index is 550. The fraction of sp³-hybridized carbons (Fsp3) is 0.455. The van der Waals surface area contributed by atoms with Crippen molar-refractivity contribution in [3.05, 3.63) is 11.8 Å². The molecule has 0 aliphatic rings. The summed E-state index contributed by atoms with van der Waals surface area (Å²) in [5.74, 6) is 0.826. The van der Waals surface area contributed by atoms with Crippen molar-refractivity contribution < 1.29 is 0 Å². The van der Waals surface area contributed by atoms with Gasteiger partial charge in [-0.2, -0.15) is 15.1 Å². The van der Waals surface area contributed by atoms with Crippen molar-refractivity contribution in [3.8, 4) is 11.5 Å². The van der Waals surface area contributed by atoms with E-state index in [0.29, 0.717) is 11.0 Å². The van der Waals surface area contributed by atoms with Gasteiger partial charge >= 0.3 is 0 Å². The van der Waals surface area contributed by atoms with Gasteiger partial charge in [-0.3, -0.25) is 4.68 Å². The molecule has 2 aromatic rings. The van der Waals surface area contributed by atoms with Gasteiger partial charge in [0, 0.05) is 6.54 Å². The van der Waals surface area contributed by atoms with Crippen molar-refractivity contribution in [2.75, 3.05) is 12.0 Å². The number of hydrogen-bond donors (Lipinski definition) is 1. The van der Waals surface area contributed by atoms with Gasteiger partial charge in [0.05, 0.1) is 5.69 Å². The first kappa shape index (κ1) is 12.8. The van der Waals surface area contributed by atoms with Crippen molar-refractivity contribution in [2.24, 2.45) is 0 Å². The lowest BCUT2D eigenvalue weighted by Crippen LogP contribution is -2.05. The number of hydrogen-bond acceptors (Lipinski definition) is 6. The summed E-state index contributed by atoms with van der Waals surface area (Å²) in [5.41, 5.74) is 7.61. The lowest BCUT2D eigenvalue weighted by atomic mass is 10.3. The maximum atomic E-state index is 5.70. The third-order valence-electron chi connectivity index (χ3n) is 2.54. The summed E-state index contributed by atoms with van der Waals surface area (Å²) >= 11 is 1.45. The van der Waals surface area contributed by atoms with Crippen LogP contribution >= 0.6 is 11.8 Å². The van der Waals surface area contributed by atoms with E-state index in [4.69, 9.17) is 5.73 Å². The van der Waals surface area contributed by atoms with Crippen LogP contribution in [-0.2, 0) is 13.0 Å². The van der Waals surface area contributed by atoms with Crippen LogP contribution in [0.2, 0.25) is 0 Å². The highest BCUT2D eigenvalue weighted by molar-refractivity contribution is 7.98. The highest BCUT2D eigenvalue weighted by Crippen LogP contribution is 2.20. The van der Waals surface area contributed by atoms with Gasteiger partial charge in [0.2, 0.25) is 5.95 Å². The van der Waals surface area contributed by atoms with Crippen molar-refractivity contribution in [1.29, 1.82) is 0 Å². The van der Waals surface area contributed by atoms with Crippen molar-refractivity contribution in [1.82, 2.24) is 24.7 Å². The van der Waals surface area contributed by atoms with Gasteiger partial charge in [-0.25, -0.2) is 4.98 Å². The minimum atomic E-state index is 0.242. The minimum Gasteiger partial charge on any atom is -0.368 e. The monoisotopic (exact) mass is 264 g/mol. The van der Waals surface area contributed by atoms with Gasteiger partial charge in [0.15, 0.2) is 11.0 Å². The molecule has 0 atom stereocenters. The summed E-state index contributed by atoms with van der Waals surface area (Å²) in [7, 11) is 0. The predicted molar refractivity (Wildman–Crippen MR) is 72.3 cm³/mol. The maximum absolute atomic E-state index is 5.70. The Kier molecular flexibility index (Phi) is 3.81. The Morgan fingerprint density at radius 1 is 1.28 bits per heavy atom. The first-order chi connectivity index (χ1) is 8.67. The summed E-state index contributed by atoms with van der Waals surface area (Å²) < 4.78 is 1.89. The third kappa shape index (κ3) is 2.45. The van der Waals surface area contributed by atoms with Crippen LogP contribution in [0.3, 0.4) is 0 Å². The molecule has 2 rings (SSSR count). The van der Waals surface area contributed by atoms with Crippen LogP contribution in [-0.4, -0.2) is 31.0 Å². The molecule has 2 heterocycles. The van der Waals surface area contributed by atoms with Gasteiger partial charge in [0.1, 0.15) is 5.69 Å². The van der Waals surface area contributed by atoms with E-state index in [2.05, 4.69) is 27.0 Å². The van der Waals surface area contributed by atoms with Crippen LogP contribution in [0.4, 0.5) is 5.95 Å². The van der Waals surface area contributed by atoms with Gasteiger partial charge in [-0.15, -0.1) is 0 Å². The second-order valence-electron chi connectivity index (χ2n) is 3.69. The highest BCUT2D eigenvalue weighted by Gasteiger charge is 2.13. The Morgan fingerprint density at radius 2 is 2.06 bits per heavy atom. The number of thioether (sulfide) groups is 1. The summed E-state index contributed by atoms with van der Waals surface area (Å²) in [6, 6.07) is 2.00. The lowest BCUT2D eigenvalue weighted by Gasteiger charge is -2.04. The first-order valence-electron chi connectivity index (χ1n) is 5.80. The lowest BCUT2D eigenvalue weighted by molar-refractivity contribution is 0.650. The number of nitrogens with two attached hydrogens (primary N) is 1. The molecule has 0 aromatic carbocycles. The minimum absolute atomic E-state index is 0.242. The first-order valence-corrected chi connectivity index (χ1v) is 7.03. The number of anilines is 1. The molecule has 18 heavy (non-hydrogen) atoms. The van der Waals surface area contributed by atoms with Crippen LogP contribution in [0.25, 0.3) is 11.5 Å². The molecular formula is C11H16N6S. The molecule has 7 heteroatoms. The zero-order chi connectivity index (χ0) is 13.1. The molecule has 2 aromatic heterocycles. The SMILES string of the molecule is CCc1cc(-c2nc(N)nc(SC)n2)n(CC)n1. The van der Waals surface area contributed by atoms with E-state index in [9.17, 15) is 0 Å². The van der Waals surface area contributed by atoms with Crippen LogP contribution in [0.15, 0.2) is 11.2 Å². The van der Waals surface area contributed by atoms with E-state index in [-0.39, 0.29) is 5.95 Å². The van der Waals surface area contributed by atoms with E-state index >= 15 is 0 Å². The number of aryl methyl sites for hydroxylation is 2. The van der Waals surface area contributed by atoms with Crippen molar-refractivity contribution >= 4 is 17.7 Å². The highest BCUT2D eigenvalue weighted by atomic mass is 32.2. The standard InChI is InChI=1S/C11H16N6S/c1-4-7-6-8(17(5-2)16-7)9-13-10(12)15-11(14-9)18-3/h6H,4-5H2,1-3H3,(H2,12,13,14,15). The molecule has 0 aliphatic carbocycles. The summed E-state index contributed by atoms with van der Waals surface area (Å²) in [5, 5.41) is 5.10. The maximum Gasteiger partial charge on any atom is 0.224 e. The molecule has 0 saturated heterocycles. The second kappa shape index (κ2) is 5.34. The molecule has 0 unspecified atom stereocenters. The largest absolute Gasteiger partial charge is 0.368 e. The van der Waals surface area contributed by atoms with E-state index in [1.807, 2.05) is 23.9 Å². The predicted octanol–water partition coefficient (Wildman–Crippen LogP) is 1.62. The molecule has 0 saturated carbocycles. The smallest absolute Gasteiger partial charge is 0.224 e. The molecule has 96 valence electrons. The van der Waals surface area contributed by atoms with E-state index in [1.165, 1.54) is 11.8 Å². The van der Waals surface area contributed by atoms with E-state index in [0.717, 1.165) is 24.4 Å². The molecule has 2 N–H and O–H groups in total. The summed E-state index contributed by atoms with van der Waals surface area (Å²) in [4.78, 5) is 12.6. The zero-order valence-electron chi connectivity index (χ0n) is 10.7. The number of rotatable bonds is 4. The molecule has 0 amide bonds. The average Bonchev–Trinajstić information content (AvgIpc) is 2.81. The molecule has 0 fully saturated rings. The van der Waals surface area contributed by atoms with Gasteiger partial charge in [-0.05, 0) is 25.7 Å². The topological polar surface area (TPSA) is 82.5 Å². The quantitative estimate of drug-likeness (QED) is 0.845. The van der Waals surface area contributed by atoms with Gasteiger partial charge in [0.25, 0.3) is 0 Å². The second-order valence-corrected chi connectivity index (χ2v) is 4.47. The Hall–Kier alpha value is -1.63. The van der Waals surface area contributed by atoms with Crippen molar-refractivity contribution in [3.63, 3.8) is 0 Å². The Morgan fingerprint density at radius 3 is 2.67 bits per heavy atom. The van der Waals surface area contributed by atoms with Crippen LogP contribution in [0.1, 0.15) is 19.5 Å². The third-order valence-corrected chi connectivity index (χ3v) is 3.08. The van der Waals surface area contributed by atoms with Gasteiger partial charge in [-0.1, -0.05) is 18.7 Å². The zero-order valence-corrected chi connectivity index (χ0v) is 11.5.